The van der Waals surface area contributed by atoms with Gasteiger partial charge >= 0.3 is 12.1 Å². The number of pyridine rings is 1. The number of amides is 1. The first-order valence-corrected chi connectivity index (χ1v) is 12.0. The Hall–Kier alpha value is -4.41. The average molecular weight is 524 g/mol. The lowest BCUT2D eigenvalue weighted by atomic mass is 10.1. The molecular weight excluding hydrogens is 501 g/mol. The Kier molecular flexibility index (Phi) is 6.75. The highest BCUT2D eigenvalue weighted by atomic mass is 19.4. The number of ketones is 1. The number of carbonyl (C=O) groups is 3. The Morgan fingerprint density at radius 2 is 1.79 bits per heavy atom. The van der Waals surface area contributed by atoms with Crippen LogP contribution in [0.5, 0.6) is 0 Å². The summed E-state index contributed by atoms with van der Waals surface area (Å²) >= 11 is 0. The number of Topliss-reactive ketones (excluding diaryl/α,β-unsaturated/α-hetero) is 1. The first-order chi connectivity index (χ1) is 18.2. The molecule has 0 atom stereocenters. The van der Waals surface area contributed by atoms with Crippen LogP contribution in [0, 0.1) is 0 Å². The summed E-state index contributed by atoms with van der Waals surface area (Å²) in [7, 11) is 0. The molecule has 2 aliphatic heterocycles. The van der Waals surface area contributed by atoms with E-state index in [1.54, 1.807) is 18.2 Å². The standard InChI is InChI=1S/C27H23F3N4O4/c28-27(29,30)26(37)38-34-23-8-12-32-25(36)21(23)16-24(34)18-7-11-31-19(15-18)6-5-17-3-1-2-4-22(17)33-13-9-20(35)10-14-33/h1-7,11,15-16H,8-10,12-14H2,(H,32,36). The van der Waals surface area contributed by atoms with Crippen LogP contribution in [0.2, 0.25) is 0 Å². The maximum absolute atomic E-state index is 13.0. The van der Waals surface area contributed by atoms with Crippen molar-refractivity contribution >= 4 is 35.5 Å². The molecule has 2 aromatic heterocycles. The molecule has 196 valence electrons. The van der Waals surface area contributed by atoms with E-state index in [9.17, 15) is 27.6 Å². The van der Waals surface area contributed by atoms with E-state index in [0.29, 0.717) is 37.2 Å². The molecule has 0 saturated carbocycles. The first-order valence-electron chi connectivity index (χ1n) is 12.0. The van der Waals surface area contributed by atoms with Gasteiger partial charge in [-0.1, -0.05) is 24.3 Å². The number of alkyl halides is 3. The van der Waals surface area contributed by atoms with Crippen LogP contribution in [-0.4, -0.2) is 53.2 Å². The Morgan fingerprint density at radius 3 is 2.55 bits per heavy atom. The fourth-order valence-corrected chi connectivity index (χ4v) is 4.58. The number of aromatic nitrogens is 2. The average Bonchev–Trinajstić information content (AvgIpc) is 3.27. The molecular formula is C27H23F3N4O4. The molecule has 8 nitrogen and oxygen atoms in total. The second-order valence-electron chi connectivity index (χ2n) is 8.95. The van der Waals surface area contributed by atoms with Crippen LogP contribution in [0.3, 0.4) is 0 Å². The number of piperidine rings is 1. The van der Waals surface area contributed by atoms with Crippen molar-refractivity contribution in [3.63, 3.8) is 0 Å². The van der Waals surface area contributed by atoms with E-state index in [1.165, 1.54) is 12.3 Å². The Labute approximate surface area is 215 Å². The molecule has 11 heteroatoms. The second kappa shape index (κ2) is 10.2. The molecule has 38 heavy (non-hydrogen) atoms. The fraction of sp³-hybridized carbons (Fsp3) is 0.259. The number of anilines is 1. The van der Waals surface area contributed by atoms with Gasteiger partial charge in [-0.05, 0) is 35.9 Å². The van der Waals surface area contributed by atoms with Gasteiger partial charge in [0, 0.05) is 56.3 Å². The number of rotatable bonds is 5. The van der Waals surface area contributed by atoms with Gasteiger partial charge in [0.15, 0.2) is 0 Å². The van der Waals surface area contributed by atoms with Crippen molar-refractivity contribution in [1.29, 1.82) is 0 Å². The SMILES string of the molecule is O=C1CCN(c2ccccc2C=Cc2cc(-c3cc4c(n3OC(=O)C(F)(F)F)CCNC4=O)ccn2)CC1. The van der Waals surface area contributed by atoms with Gasteiger partial charge in [0.05, 0.1) is 22.6 Å². The number of nitrogens with one attached hydrogen (secondary N) is 1. The summed E-state index contributed by atoms with van der Waals surface area (Å²) in [4.78, 5) is 46.9. The van der Waals surface area contributed by atoms with E-state index in [2.05, 4.69) is 15.2 Å². The summed E-state index contributed by atoms with van der Waals surface area (Å²) in [5, 5.41) is 2.64. The minimum absolute atomic E-state index is 0.125. The monoisotopic (exact) mass is 524 g/mol. The zero-order chi connectivity index (χ0) is 26.9. The Bertz CT molecular complexity index is 1430. The number of benzene rings is 1. The van der Waals surface area contributed by atoms with Crippen LogP contribution in [0.1, 0.15) is 40.2 Å². The maximum atomic E-state index is 13.0. The minimum Gasteiger partial charge on any atom is -0.370 e. The molecule has 0 spiro atoms. The molecule has 5 rings (SSSR count). The molecule has 0 aliphatic carbocycles. The maximum Gasteiger partial charge on any atom is 0.493 e. The summed E-state index contributed by atoms with van der Waals surface area (Å²) < 4.78 is 39.8. The van der Waals surface area contributed by atoms with Crippen molar-refractivity contribution in [3.8, 4) is 11.3 Å². The molecule has 1 fully saturated rings. The number of carbonyl (C=O) groups excluding carboxylic acids is 3. The minimum atomic E-state index is -5.20. The van der Waals surface area contributed by atoms with Crippen LogP contribution in [0.15, 0.2) is 48.7 Å². The Morgan fingerprint density at radius 1 is 1.03 bits per heavy atom. The summed E-state index contributed by atoms with van der Waals surface area (Å²) in [6.07, 6.45) is 1.12. The first kappa shape index (κ1) is 25.2. The fourth-order valence-electron chi connectivity index (χ4n) is 4.58. The quantitative estimate of drug-likeness (QED) is 0.547. The molecule has 4 heterocycles. The third-order valence-electron chi connectivity index (χ3n) is 6.46. The number of halogens is 3. The van der Waals surface area contributed by atoms with Gasteiger partial charge in [0.2, 0.25) is 0 Å². The van der Waals surface area contributed by atoms with Gasteiger partial charge in [-0.2, -0.15) is 17.9 Å². The van der Waals surface area contributed by atoms with Gasteiger partial charge < -0.3 is 15.1 Å². The van der Waals surface area contributed by atoms with Crippen LogP contribution < -0.4 is 15.1 Å². The van der Waals surface area contributed by atoms with Crippen LogP contribution in [0.25, 0.3) is 23.4 Å². The van der Waals surface area contributed by atoms with Crippen LogP contribution >= 0.6 is 0 Å². The second-order valence-corrected chi connectivity index (χ2v) is 8.95. The molecule has 2 aliphatic rings. The van der Waals surface area contributed by atoms with E-state index in [4.69, 9.17) is 4.84 Å². The molecule has 0 bridgehead atoms. The number of fused-ring (bicyclic) bond motifs is 1. The highest BCUT2D eigenvalue weighted by Crippen LogP contribution is 2.30. The van der Waals surface area contributed by atoms with E-state index in [0.717, 1.165) is 16.0 Å². The zero-order valence-corrected chi connectivity index (χ0v) is 20.1. The molecule has 0 unspecified atom stereocenters. The van der Waals surface area contributed by atoms with Crippen LogP contribution in [0.4, 0.5) is 18.9 Å². The predicted octanol–water partition coefficient (Wildman–Crippen LogP) is 3.69. The molecule has 1 N–H and O–H groups in total. The molecule has 1 saturated heterocycles. The van der Waals surface area contributed by atoms with Gasteiger partial charge in [-0.25, -0.2) is 4.79 Å². The topological polar surface area (TPSA) is 93.5 Å². The van der Waals surface area contributed by atoms with Gasteiger partial charge in [0.25, 0.3) is 5.91 Å². The predicted molar refractivity (Wildman–Crippen MR) is 133 cm³/mol. The highest BCUT2D eigenvalue weighted by molar-refractivity contribution is 5.98. The lowest BCUT2D eigenvalue weighted by molar-refractivity contribution is -0.199. The summed E-state index contributed by atoms with van der Waals surface area (Å²) in [5.74, 6) is -2.59. The van der Waals surface area contributed by atoms with Crippen molar-refractivity contribution in [2.45, 2.75) is 25.4 Å². The summed E-state index contributed by atoms with van der Waals surface area (Å²) in [6.45, 7) is 1.49. The van der Waals surface area contributed by atoms with E-state index in [1.807, 2.05) is 30.3 Å². The zero-order valence-electron chi connectivity index (χ0n) is 20.1. The smallest absolute Gasteiger partial charge is 0.370 e. The van der Waals surface area contributed by atoms with Crippen molar-refractivity contribution < 1.29 is 32.4 Å². The number of hydrogen-bond acceptors (Lipinski definition) is 6. The van der Waals surface area contributed by atoms with Gasteiger partial charge in [-0.3, -0.25) is 14.6 Å². The summed E-state index contributed by atoms with van der Waals surface area (Å²) in [5.41, 5.74) is 3.28. The lowest BCUT2D eigenvalue weighted by Gasteiger charge is -2.29. The molecule has 1 aromatic carbocycles. The van der Waals surface area contributed by atoms with E-state index < -0.39 is 18.1 Å². The molecule has 1 amide bonds. The largest absolute Gasteiger partial charge is 0.493 e. The Balaban J connectivity index is 1.47. The van der Waals surface area contributed by atoms with Crippen molar-refractivity contribution in [2.75, 3.05) is 24.5 Å². The molecule has 0 radical (unpaired) electrons. The van der Waals surface area contributed by atoms with Gasteiger partial charge in [0.1, 0.15) is 5.78 Å². The number of nitrogens with zero attached hydrogens (tertiary/aromatic N) is 3. The van der Waals surface area contributed by atoms with Crippen LogP contribution in [-0.2, 0) is 16.0 Å². The number of hydrogen-bond donors (Lipinski definition) is 1. The van der Waals surface area contributed by atoms with Crippen molar-refractivity contribution in [2.24, 2.45) is 0 Å². The van der Waals surface area contributed by atoms with Gasteiger partial charge in [-0.15, -0.1) is 0 Å². The molecule has 3 aromatic rings. The summed E-state index contributed by atoms with van der Waals surface area (Å²) in [6, 6.07) is 12.4. The third-order valence-corrected chi connectivity index (χ3v) is 6.46. The third kappa shape index (κ3) is 5.17. The highest BCUT2D eigenvalue weighted by Gasteiger charge is 2.43. The van der Waals surface area contributed by atoms with E-state index in [-0.39, 0.29) is 35.7 Å². The van der Waals surface area contributed by atoms with Crippen molar-refractivity contribution in [3.05, 3.63) is 71.2 Å². The van der Waals surface area contributed by atoms with Crippen molar-refractivity contribution in [1.82, 2.24) is 15.0 Å². The van der Waals surface area contributed by atoms with E-state index >= 15 is 0 Å². The normalized spacial score (nSPS) is 15.9. The number of para-hydroxylation sites is 1. The lowest BCUT2D eigenvalue weighted by Crippen LogP contribution is -2.37.